The van der Waals surface area contributed by atoms with Crippen molar-refractivity contribution in [2.24, 2.45) is 5.92 Å². The lowest BCUT2D eigenvalue weighted by Crippen LogP contribution is -2.20. The molecule has 2 heterocycles. The molecule has 2 aromatic heterocycles. The minimum Gasteiger partial charge on any atom is -0.310 e. The molecule has 2 rings (SSSR count). The molecular formula is C16H23N5O2. The highest BCUT2D eigenvalue weighted by atomic mass is 16.1. The van der Waals surface area contributed by atoms with Gasteiger partial charge in [-0.25, -0.2) is 4.98 Å². The summed E-state index contributed by atoms with van der Waals surface area (Å²) in [6.45, 7) is 7.81. The molecule has 0 unspecified atom stereocenters. The van der Waals surface area contributed by atoms with Gasteiger partial charge in [0.15, 0.2) is 0 Å². The minimum atomic E-state index is -0.230. The number of hydrogen-bond acceptors (Lipinski definition) is 4. The molecule has 7 heteroatoms. The highest BCUT2D eigenvalue weighted by Crippen LogP contribution is 2.15. The van der Waals surface area contributed by atoms with Gasteiger partial charge in [-0.05, 0) is 19.3 Å². The minimum absolute atomic E-state index is 0.0896. The third kappa shape index (κ3) is 4.51. The maximum Gasteiger partial charge on any atom is 0.252 e. The number of anilines is 1. The Morgan fingerprint density at radius 3 is 2.78 bits per heavy atom. The first-order chi connectivity index (χ1) is 10.9. The summed E-state index contributed by atoms with van der Waals surface area (Å²) in [5, 5.41) is 7.16. The van der Waals surface area contributed by atoms with Gasteiger partial charge in [0.05, 0.1) is 5.69 Å². The summed E-state index contributed by atoms with van der Waals surface area (Å²) in [5.74, 6) is 0.991. The number of aromatic nitrogens is 4. The molecule has 0 aliphatic rings. The van der Waals surface area contributed by atoms with Crippen LogP contribution in [-0.4, -0.2) is 25.7 Å². The van der Waals surface area contributed by atoms with Gasteiger partial charge in [0.2, 0.25) is 11.9 Å². The molecule has 0 aromatic carbocycles. The summed E-state index contributed by atoms with van der Waals surface area (Å²) in [6, 6.07) is 3.24. The summed E-state index contributed by atoms with van der Waals surface area (Å²) < 4.78 is 1.47. The van der Waals surface area contributed by atoms with Crippen molar-refractivity contribution < 1.29 is 4.79 Å². The Bertz CT molecular complexity index is 745. The van der Waals surface area contributed by atoms with E-state index in [2.05, 4.69) is 20.4 Å². The van der Waals surface area contributed by atoms with Gasteiger partial charge in [-0.1, -0.05) is 27.2 Å². The van der Waals surface area contributed by atoms with Crippen LogP contribution in [0.2, 0.25) is 0 Å². The second-order valence-corrected chi connectivity index (χ2v) is 6.04. The lowest BCUT2D eigenvalue weighted by Gasteiger charge is -2.10. The van der Waals surface area contributed by atoms with Crippen molar-refractivity contribution in [2.75, 3.05) is 5.32 Å². The number of amides is 1. The molecule has 0 aliphatic heterocycles. The molecule has 0 aliphatic carbocycles. The number of nitrogens with one attached hydrogen (secondary N) is 2. The first kappa shape index (κ1) is 16.9. The Morgan fingerprint density at radius 2 is 2.13 bits per heavy atom. The predicted molar refractivity (Wildman–Crippen MR) is 88.8 cm³/mol. The predicted octanol–water partition coefficient (Wildman–Crippen LogP) is 2.20. The molecule has 23 heavy (non-hydrogen) atoms. The van der Waals surface area contributed by atoms with Crippen LogP contribution in [-0.2, 0) is 11.2 Å². The van der Waals surface area contributed by atoms with Crippen LogP contribution in [0, 0.1) is 12.8 Å². The van der Waals surface area contributed by atoms with Gasteiger partial charge in [-0.15, -0.1) is 0 Å². The average molecular weight is 317 g/mol. The lowest BCUT2D eigenvalue weighted by atomic mass is 10.1. The Hall–Kier alpha value is -2.44. The number of aromatic amines is 1. The largest absolute Gasteiger partial charge is 0.310 e. The highest BCUT2D eigenvalue weighted by Gasteiger charge is 2.14. The van der Waals surface area contributed by atoms with Crippen LogP contribution in [0.3, 0.4) is 0 Å². The standard InChI is InChI=1S/C16H23N5O2/c1-5-6-12-9-15(23)19-16(17-12)21-13(8-11(4)20-21)18-14(22)7-10(2)3/h8-10H,5-7H2,1-4H3,(H,18,22)(H,17,19,23). The number of aryl methyl sites for hydroxylation is 2. The number of H-pyrrole nitrogens is 1. The zero-order valence-corrected chi connectivity index (χ0v) is 14.0. The van der Waals surface area contributed by atoms with Gasteiger partial charge < -0.3 is 5.32 Å². The van der Waals surface area contributed by atoms with Crippen molar-refractivity contribution in [1.82, 2.24) is 19.7 Å². The molecule has 0 spiro atoms. The summed E-state index contributed by atoms with van der Waals surface area (Å²) in [7, 11) is 0. The Morgan fingerprint density at radius 1 is 1.39 bits per heavy atom. The van der Waals surface area contributed by atoms with Gasteiger partial charge >= 0.3 is 0 Å². The first-order valence-corrected chi connectivity index (χ1v) is 7.86. The SMILES string of the molecule is CCCc1cc(=O)[nH]c(-n2nc(C)cc2NC(=O)CC(C)C)n1. The lowest BCUT2D eigenvalue weighted by molar-refractivity contribution is -0.116. The monoisotopic (exact) mass is 317 g/mol. The van der Waals surface area contributed by atoms with Crippen LogP contribution in [0.15, 0.2) is 16.9 Å². The molecule has 0 saturated heterocycles. The number of carbonyl (C=O) groups is 1. The Kier molecular flexibility index (Phi) is 5.31. The van der Waals surface area contributed by atoms with E-state index in [4.69, 9.17) is 0 Å². The average Bonchev–Trinajstić information content (AvgIpc) is 2.78. The third-order valence-corrected chi connectivity index (χ3v) is 3.18. The molecule has 1 amide bonds. The van der Waals surface area contributed by atoms with E-state index < -0.39 is 0 Å². The fourth-order valence-corrected chi connectivity index (χ4v) is 2.29. The topological polar surface area (TPSA) is 92.7 Å². The molecular weight excluding hydrogens is 294 g/mol. The molecule has 0 fully saturated rings. The normalized spacial score (nSPS) is 11.0. The van der Waals surface area contributed by atoms with Crippen LogP contribution in [0.4, 0.5) is 5.82 Å². The molecule has 0 saturated carbocycles. The second-order valence-electron chi connectivity index (χ2n) is 6.04. The number of nitrogens with zero attached hydrogens (tertiary/aromatic N) is 3. The van der Waals surface area contributed by atoms with E-state index in [9.17, 15) is 9.59 Å². The van der Waals surface area contributed by atoms with E-state index in [0.29, 0.717) is 30.3 Å². The van der Waals surface area contributed by atoms with E-state index in [1.54, 1.807) is 6.07 Å². The zero-order valence-electron chi connectivity index (χ0n) is 14.0. The van der Waals surface area contributed by atoms with E-state index >= 15 is 0 Å². The molecule has 7 nitrogen and oxygen atoms in total. The smallest absolute Gasteiger partial charge is 0.252 e. The van der Waals surface area contributed by atoms with E-state index in [-0.39, 0.29) is 17.4 Å². The first-order valence-electron chi connectivity index (χ1n) is 7.86. The van der Waals surface area contributed by atoms with Gasteiger partial charge in [0, 0.05) is 24.2 Å². The van der Waals surface area contributed by atoms with Crippen molar-refractivity contribution in [3.8, 4) is 5.95 Å². The van der Waals surface area contributed by atoms with Crippen LogP contribution in [0.1, 0.15) is 45.0 Å². The summed E-state index contributed by atoms with van der Waals surface area (Å²) >= 11 is 0. The fourth-order valence-electron chi connectivity index (χ4n) is 2.29. The van der Waals surface area contributed by atoms with Crippen LogP contribution < -0.4 is 10.9 Å². The van der Waals surface area contributed by atoms with Crippen molar-refractivity contribution in [1.29, 1.82) is 0 Å². The Balaban J connectivity index is 2.36. The highest BCUT2D eigenvalue weighted by molar-refractivity contribution is 5.90. The summed E-state index contributed by atoms with van der Waals surface area (Å²) in [6.07, 6.45) is 2.03. The van der Waals surface area contributed by atoms with Gasteiger partial charge in [-0.3, -0.25) is 14.6 Å². The van der Waals surface area contributed by atoms with E-state index in [1.165, 1.54) is 10.7 Å². The van der Waals surface area contributed by atoms with Gasteiger partial charge in [0.1, 0.15) is 5.82 Å². The number of carbonyl (C=O) groups excluding carboxylic acids is 1. The fraction of sp³-hybridized carbons (Fsp3) is 0.500. The van der Waals surface area contributed by atoms with Crippen molar-refractivity contribution in [2.45, 2.75) is 47.0 Å². The molecule has 2 N–H and O–H groups in total. The maximum absolute atomic E-state index is 12.0. The van der Waals surface area contributed by atoms with Gasteiger partial charge in [-0.2, -0.15) is 9.78 Å². The number of rotatable bonds is 6. The zero-order chi connectivity index (χ0) is 17.0. The van der Waals surface area contributed by atoms with E-state index in [1.807, 2.05) is 27.7 Å². The van der Waals surface area contributed by atoms with Crippen LogP contribution >= 0.6 is 0 Å². The molecule has 124 valence electrons. The molecule has 2 aromatic rings. The summed E-state index contributed by atoms with van der Waals surface area (Å²) in [4.78, 5) is 30.9. The Labute approximate surface area is 135 Å². The van der Waals surface area contributed by atoms with E-state index in [0.717, 1.165) is 12.1 Å². The molecule has 0 radical (unpaired) electrons. The number of hydrogen-bond donors (Lipinski definition) is 2. The van der Waals surface area contributed by atoms with Crippen LogP contribution in [0.25, 0.3) is 5.95 Å². The second kappa shape index (κ2) is 7.21. The van der Waals surface area contributed by atoms with Crippen molar-refractivity contribution >= 4 is 11.7 Å². The maximum atomic E-state index is 12.0. The van der Waals surface area contributed by atoms with Crippen molar-refractivity contribution in [3.05, 3.63) is 33.9 Å². The quantitative estimate of drug-likeness (QED) is 0.854. The van der Waals surface area contributed by atoms with Crippen LogP contribution in [0.5, 0.6) is 0 Å². The third-order valence-electron chi connectivity index (χ3n) is 3.18. The van der Waals surface area contributed by atoms with Gasteiger partial charge in [0.25, 0.3) is 5.56 Å². The molecule has 0 bridgehead atoms. The van der Waals surface area contributed by atoms with Crippen molar-refractivity contribution in [3.63, 3.8) is 0 Å². The summed E-state index contributed by atoms with van der Waals surface area (Å²) in [5.41, 5.74) is 1.21. The molecule has 0 atom stereocenters.